The lowest BCUT2D eigenvalue weighted by atomic mass is 9.98. The van der Waals surface area contributed by atoms with E-state index in [2.05, 4.69) is 4.98 Å². The topological polar surface area (TPSA) is 89.0 Å². The maximum atomic E-state index is 13.3. The Morgan fingerprint density at radius 3 is 2.83 bits per heavy atom. The zero-order chi connectivity index (χ0) is 24.3. The fourth-order valence-electron chi connectivity index (χ4n) is 4.59. The highest BCUT2D eigenvalue weighted by molar-refractivity contribution is 7.22. The number of aliphatic hydroxyl groups excluding tert-OH is 1. The minimum Gasteiger partial charge on any atom is -0.507 e. The molecule has 1 N–H and O–H groups in total. The summed E-state index contributed by atoms with van der Waals surface area (Å²) in [5, 5.41) is 13.6. The molecule has 0 saturated carbocycles. The molecule has 9 heteroatoms. The standard InChI is InChI=1S/C26H20N2O5S2/c1-13-10-15-11-14(5-8-18(15)33-13)23(29)21-22(19-4-3-9-34-19)28(25(31)24(21)30)26-27-17-7-6-16(32-2)12-20(17)35-26/h3-9,11-13,22,29H,10H2,1-2H3/b23-21+/t13-,22-/m0/s1. The fraction of sp³-hybridized carbons (Fsp3) is 0.192. The lowest BCUT2D eigenvalue weighted by Gasteiger charge is -2.21. The number of anilines is 1. The first-order valence-corrected chi connectivity index (χ1v) is 12.7. The van der Waals surface area contributed by atoms with E-state index in [9.17, 15) is 14.7 Å². The van der Waals surface area contributed by atoms with Gasteiger partial charge >= 0.3 is 5.91 Å². The van der Waals surface area contributed by atoms with Crippen LogP contribution in [0.15, 0.2) is 59.5 Å². The van der Waals surface area contributed by atoms with Crippen LogP contribution in [0.25, 0.3) is 16.0 Å². The normalized spacial score (nSPS) is 20.9. The van der Waals surface area contributed by atoms with E-state index in [0.717, 1.165) is 20.9 Å². The van der Waals surface area contributed by atoms with E-state index in [1.807, 2.05) is 42.6 Å². The number of methoxy groups -OCH3 is 1. The number of amides is 1. The average molecular weight is 505 g/mol. The fourth-order valence-corrected chi connectivity index (χ4v) is 6.44. The predicted molar refractivity (Wildman–Crippen MR) is 136 cm³/mol. The van der Waals surface area contributed by atoms with Gasteiger partial charge in [0, 0.05) is 16.9 Å². The molecule has 2 atom stereocenters. The van der Waals surface area contributed by atoms with E-state index in [-0.39, 0.29) is 17.4 Å². The van der Waals surface area contributed by atoms with Gasteiger partial charge in [0.25, 0.3) is 5.78 Å². The molecule has 2 aliphatic heterocycles. The number of ether oxygens (including phenoxy) is 2. The van der Waals surface area contributed by atoms with Crippen LogP contribution in [0, 0.1) is 0 Å². The van der Waals surface area contributed by atoms with Crippen molar-refractivity contribution in [1.82, 2.24) is 4.98 Å². The number of fused-ring (bicyclic) bond motifs is 2. The van der Waals surface area contributed by atoms with Gasteiger partial charge in [-0.25, -0.2) is 4.98 Å². The summed E-state index contributed by atoms with van der Waals surface area (Å²) < 4.78 is 11.9. The van der Waals surface area contributed by atoms with E-state index >= 15 is 0 Å². The number of hydrogen-bond donors (Lipinski definition) is 1. The molecule has 1 fully saturated rings. The van der Waals surface area contributed by atoms with Gasteiger partial charge in [-0.2, -0.15) is 0 Å². The number of rotatable bonds is 4. The molecule has 2 aliphatic rings. The summed E-state index contributed by atoms with van der Waals surface area (Å²) in [6, 6.07) is 13.7. The van der Waals surface area contributed by atoms with E-state index in [1.165, 1.54) is 27.6 Å². The number of carbonyl (C=O) groups is 2. The monoisotopic (exact) mass is 504 g/mol. The lowest BCUT2D eigenvalue weighted by Crippen LogP contribution is -2.28. The minimum absolute atomic E-state index is 0.0526. The molecule has 4 heterocycles. The van der Waals surface area contributed by atoms with Crippen molar-refractivity contribution in [3.05, 3.63) is 75.5 Å². The van der Waals surface area contributed by atoms with Crippen molar-refractivity contribution in [3.8, 4) is 11.5 Å². The zero-order valence-corrected chi connectivity index (χ0v) is 20.5. The molecule has 1 amide bonds. The number of carbonyl (C=O) groups excluding carboxylic acids is 2. The summed E-state index contributed by atoms with van der Waals surface area (Å²) in [5.41, 5.74) is 2.20. The second-order valence-electron chi connectivity index (χ2n) is 8.47. The van der Waals surface area contributed by atoms with Gasteiger partial charge in [0.2, 0.25) is 0 Å². The Balaban J connectivity index is 1.50. The number of thiazole rings is 1. The highest BCUT2D eigenvalue weighted by Gasteiger charge is 2.48. The van der Waals surface area contributed by atoms with Crippen molar-refractivity contribution >= 4 is 55.5 Å². The van der Waals surface area contributed by atoms with Crippen LogP contribution in [0.4, 0.5) is 5.13 Å². The molecule has 1 saturated heterocycles. The van der Waals surface area contributed by atoms with Gasteiger partial charge in [0.1, 0.15) is 29.4 Å². The minimum atomic E-state index is -0.777. The van der Waals surface area contributed by atoms with Crippen LogP contribution in [0.1, 0.15) is 29.0 Å². The first-order chi connectivity index (χ1) is 16.9. The molecule has 0 spiro atoms. The Bertz CT molecular complexity index is 1520. The second-order valence-corrected chi connectivity index (χ2v) is 10.5. The average Bonchev–Trinajstić information content (AvgIpc) is 3.63. The van der Waals surface area contributed by atoms with Crippen molar-refractivity contribution < 1.29 is 24.2 Å². The summed E-state index contributed by atoms with van der Waals surface area (Å²) in [6.45, 7) is 1.98. The van der Waals surface area contributed by atoms with E-state index in [1.54, 1.807) is 25.3 Å². The van der Waals surface area contributed by atoms with Crippen molar-refractivity contribution in [2.45, 2.75) is 25.5 Å². The van der Waals surface area contributed by atoms with Crippen LogP contribution in [-0.4, -0.2) is 35.0 Å². The molecule has 2 aromatic heterocycles. The number of thiophene rings is 1. The molecular formula is C26H20N2O5S2. The number of nitrogens with zero attached hydrogens (tertiary/aromatic N) is 2. The molecule has 0 radical (unpaired) electrons. The van der Waals surface area contributed by atoms with Gasteiger partial charge in [-0.1, -0.05) is 17.4 Å². The summed E-state index contributed by atoms with van der Waals surface area (Å²) in [7, 11) is 1.59. The molecule has 176 valence electrons. The SMILES string of the molecule is COc1ccc2nc(N3C(=O)C(=O)/C(=C(/O)c4ccc5c(c4)C[C@H](C)O5)[C@@H]3c3cccs3)sc2c1. The Morgan fingerprint density at radius 1 is 1.20 bits per heavy atom. The van der Waals surface area contributed by atoms with Crippen molar-refractivity contribution in [2.75, 3.05) is 12.0 Å². The Hall–Kier alpha value is -3.69. The van der Waals surface area contributed by atoms with Gasteiger partial charge in [-0.05, 0) is 60.3 Å². The third-order valence-corrected chi connectivity index (χ3v) is 8.16. The summed E-state index contributed by atoms with van der Waals surface area (Å²) in [4.78, 5) is 33.5. The molecule has 35 heavy (non-hydrogen) atoms. The van der Waals surface area contributed by atoms with Gasteiger partial charge in [0.15, 0.2) is 5.13 Å². The van der Waals surface area contributed by atoms with Gasteiger partial charge < -0.3 is 14.6 Å². The zero-order valence-electron chi connectivity index (χ0n) is 18.8. The Kier molecular flexibility index (Phi) is 5.12. The maximum Gasteiger partial charge on any atom is 0.301 e. The number of aromatic nitrogens is 1. The first kappa shape index (κ1) is 21.8. The second kappa shape index (κ2) is 8.21. The third-order valence-electron chi connectivity index (χ3n) is 6.22. The van der Waals surface area contributed by atoms with Crippen LogP contribution < -0.4 is 14.4 Å². The van der Waals surface area contributed by atoms with E-state index in [4.69, 9.17) is 9.47 Å². The lowest BCUT2D eigenvalue weighted by molar-refractivity contribution is -0.132. The Morgan fingerprint density at radius 2 is 2.06 bits per heavy atom. The molecular weight excluding hydrogens is 484 g/mol. The molecule has 0 bridgehead atoms. The maximum absolute atomic E-state index is 13.3. The van der Waals surface area contributed by atoms with Crippen LogP contribution in [0.3, 0.4) is 0 Å². The molecule has 4 aromatic rings. The molecule has 7 nitrogen and oxygen atoms in total. The first-order valence-electron chi connectivity index (χ1n) is 11.0. The highest BCUT2D eigenvalue weighted by atomic mass is 32.1. The third kappa shape index (κ3) is 3.50. The van der Waals surface area contributed by atoms with Gasteiger partial charge in [-0.15, -0.1) is 11.3 Å². The predicted octanol–water partition coefficient (Wildman–Crippen LogP) is 5.32. The van der Waals surface area contributed by atoms with Crippen molar-refractivity contribution in [2.24, 2.45) is 0 Å². The van der Waals surface area contributed by atoms with Crippen molar-refractivity contribution in [3.63, 3.8) is 0 Å². The molecule has 2 aromatic carbocycles. The highest BCUT2D eigenvalue weighted by Crippen LogP contribution is 2.46. The largest absolute Gasteiger partial charge is 0.507 e. The number of aliphatic hydroxyl groups is 1. The number of ketones is 1. The molecule has 0 aliphatic carbocycles. The summed E-state index contributed by atoms with van der Waals surface area (Å²) in [6.07, 6.45) is 0.769. The van der Waals surface area contributed by atoms with E-state index < -0.39 is 17.7 Å². The van der Waals surface area contributed by atoms with Gasteiger partial charge in [0.05, 0.1) is 22.9 Å². The van der Waals surface area contributed by atoms with E-state index in [0.29, 0.717) is 28.4 Å². The molecule has 0 unspecified atom stereocenters. The number of Topliss-reactive ketones (excluding diaryl/α,β-unsaturated/α-hetero) is 1. The van der Waals surface area contributed by atoms with Crippen LogP contribution in [-0.2, 0) is 16.0 Å². The van der Waals surface area contributed by atoms with Crippen LogP contribution in [0.2, 0.25) is 0 Å². The summed E-state index contributed by atoms with van der Waals surface area (Å²) in [5.74, 6) is -0.194. The quantitative estimate of drug-likeness (QED) is 0.230. The Labute approximate surface area is 208 Å². The van der Waals surface area contributed by atoms with Crippen LogP contribution >= 0.6 is 22.7 Å². The van der Waals surface area contributed by atoms with Crippen molar-refractivity contribution in [1.29, 1.82) is 0 Å². The number of hydrogen-bond acceptors (Lipinski definition) is 8. The summed E-state index contributed by atoms with van der Waals surface area (Å²) >= 11 is 2.72. The smallest absolute Gasteiger partial charge is 0.301 e. The van der Waals surface area contributed by atoms with Crippen LogP contribution in [0.5, 0.6) is 11.5 Å². The van der Waals surface area contributed by atoms with Gasteiger partial charge in [-0.3, -0.25) is 14.5 Å². The number of benzene rings is 2. The molecule has 6 rings (SSSR count).